The van der Waals surface area contributed by atoms with E-state index in [-0.39, 0.29) is 0 Å². The summed E-state index contributed by atoms with van der Waals surface area (Å²) in [5, 5.41) is 13.7. The zero-order valence-electron chi connectivity index (χ0n) is 12.8. The Morgan fingerprint density at radius 1 is 1.24 bits per heavy atom. The van der Waals surface area contributed by atoms with Crippen molar-refractivity contribution >= 4 is 47.1 Å². The van der Waals surface area contributed by atoms with Crippen LogP contribution < -0.4 is 11.3 Å². The molecule has 128 valence electrons. The van der Waals surface area contributed by atoms with Crippen molar-refractivity contribution in [2.75, 3.05) is 11.3 Å². The van der Waals surface area contributed by atoms with Gasteiger partial charge in [-0.2, -0.15) is 5.10 Å². The summed E-state index contributed by atoms with van der Waals surface area (Å²) in [6.07, 6.45) is 5.00. The Labute approximate surface area is 158 Å². The standard InChI is InChI=1S/C15H13Cl2N7S/c16-12-4-3-10(6-13(12)17)9-25-15-23-22-14(24(15)18)21-20-8-11-2-1-5-19-7-11/h1-8H,9,18H2,(H,21,22)/b20-8+. The van der Waals surface area contributed by atoms with Crippen LogP contribution in [0.15, 0.2) is 53.0 Å². The van der Waals surface area contributed by atoms with Crippen molar-refractivity contribution < 1.29 is 0 Å². The quantitative estimate of drug-likeness (QED) is 0.288. The normalized spacial score (nSPS) is 11.1. The van der Waals surface area contributed by atoms with E-state index in [0.717, 1.165) is 11.1 Å². The molecule has 0 bridgehead atoms. The first-order chi connectivity index (χ1) is 12.1. The lowest BCUT2D eigenvalue weighted by atomic mass is 10.2. The van der Waals surface area contributed by atoms with E-state index in [4.69, 9.17) is 29.0 Å². The molecule has 0 aliphatic carbocycles. The highest BCUT2D eigenvalue weighted by molar-refractivity contribution is 7.98. The second-order valence-corrected chi connectivity index (χ2v) is 6.63. The minimum atomic E-state index is 0.330. The maximum absolute atomic E-state index is 6.01. The van der Waals surface area contributed by atoms with Crippen molar-refractivity contribution in [3.8, 4) is 0 Å². The number of rotatable bonds is 6. The lowest BCUT2D eigenvalue weighted by Crippen LogP contribution is -2.13. The van der Waals surface area contributed by atoms with Crippen molar-refractivity contribution in [1.29, 1.82) is 0 Å². The van der Waals surface area contributed by atoms with Gasteiger partial charge in [0.25, 0.3) is 5.95 Å². The summed E-state index contributed by atoms with van der Waals surface area (Å²) < 4.78 is 1.34. The van der Waals surface area contributed by atoms with Gasteiger partial charge in [0.2, 0.25) is 5.16 Å². The topological polar surface area (TPSA) is 94.0 Å². The molecular weight excluding hydrogens is 381 g/mol. The summed E-state index contributed by atoms with van der Waals surface area (Å²) in [5.74, 6) is 6.94. The molecular formula is C15H13Cl2N7S. The van der Waals surface area contributed by atoms with Crippen LogP contribution in [0, 0.1) is 0 Å². The van der Waals surface area contributed by atoms with Crippen molar-refractivity contribution in [3.63, 3.8) is 0 Å². The number of aromatic nitrogens is 4. The van der Waals surface area contributed by atoms with Crippen molar-refractivity contribution in [2.45, 2.75) is 10.9 Å². The van der Waals surface area contributed by atoms with Gasteiger partial charge in [0, 0.05) is 23.7 Å². The smallest absolute Gasteiger partial charge is 0.264 e. The fourth-order valence-electron chi connectivity index (χ4n) is 1.85. The van der Waals surface area contributed by atoms with E-state index in [9.17, 15) is 0 Å². The van der Waals surface area contributed by atoms with Crippen LogP contribution in [0.4, 0.5) is 5.95 Å². The Morgan fingerprint density at radius 3 is 2.88 bits per heavy atom. The zero-order chi connectivity index (χ0) is 17.6. The molecule has 0 radical (unpaired) electrons. The van der Waals surface area contributed by atoms with Crippen LogP contribution in [0.5, 0.6) is 0 Å². The van der Waals surface area contributed by atoms with E-state index in [1.54, 1.807) is 24.7 Å². The highest BCUT2D eigenvalue weighted by Crippen LogP contribution is 2.27. The SMILES string of the molecule is Nn1c(N/N=C/c2cccnc2)nnc1SCc1ccc(Cl)c(Cl)c1. The molecule has 3 aromatic rings. The third-order valence-corrected chi connectivity index (χ3v) is 4.83. The number of thioether (sulfide) groups is 1. The van der Waals surface area contributed by atoms with Crippen LogP contribution in [0.3, 0.4) is 0 Å². The Morgan fingerprint density at radius 2 is 2.12 bits per heavy atom. The first-order valence-corrected chi connectivity index (χ1v) is 8.84. The monoisotopic (exact) mass is 393 g/mol. The van der Waals surface area contributed by atoms with Gasteiger partial charge >= 0.3 is 0 Å². The average molecular weight is 394 g/mol. The number of hydrazone groups is 1. The molecule has 2 aromatic heterocycles. The van der Waals surface area contributed by atoms with Crippen LogP contribution in [-0.2, 0) is 5.75 Å². The summed E-state index contributed by atoms with van der Waals surface area (Å²) in [7, 11) is 0. The molecule has 0 aliphatic rings. The van der Waals surface area contributed by atoms with Gasteiger partial charge in [0.05, 0.1) is 16.3 Å². The first-order valence-electron chi connectivity index (χ1n) is 7.10. The molecule has 0 saturated carbocycles. The number of benzene rings is 1. The third-order valence-electron chi connectivity index (χ3n) is 3.08. The maximum atomic E-state index is 6.01. The minimum absolute atomic E-state index is 0.330. The molecule has 0 spiro atoms. The highest BCUT2D eigenvalue weighted by atomic mass is 35.5. The van der Waals surface area contributed by atoms with Gasteiger partial charge in [0.15, 0.2) is 0 Å². The molecule has 0 atom stereocenters. The van der Waals surface area contributed by atoms with E-state index in [1.165, 1.54) is 16.4 Å². The lowest BCUT2D eigenvalue weighted by Gasteiger charge is -2.04. The number of nitrogens with two attached hydrogens (primary N) is 1. The Kier molecular flexibility index (Phi) is 5.75. The highest BCUT2D eigenvalue weighted by Gasteiger charge is 2.10. The summed E-state index contributed by atoms with van der Waals surface area (Å²) in [6.45, 7) is 0. The van der Waals surface area contributed by atoms with Crippen LogP contribution >= 0.6 is 35.0 Å². The fourth-order valence-corrected chi connectivity index (χ4v) is 2.97. The van der Waals surface area contributed by atoms with Crippen molar-refractivity contribution in [3.05, 3.63) is 63.9 Å². The van der Waals surface area contributed by atoms with E-state index in [2.05, 4.69) is 25.7 Å². The van der Waals surface area contributed by atoms with Crippen LogP contribution in [0.25, 0.3) is 0 Å². The van der Waals surface area contributed by atoms with E-state index in [1.807, 2.05) is 24.3 Å². The van der Waals surface area contributed by atoms with E-state index < -0.39 is 0 Å². The van der Waals surface area contributed by atoms with Crippen LogP contribution in [-0.4, -0.2) is 26.1 Å². The van der Waals surface area contributed by atoms with Crippen molar-refractivity contribution in [1.82, 2.24) is 19.9 Å². The number of nitrogens with zero attached hydrogens (tertiary/aromatic N) is 5. The zero-order valence-corrected chi connectivity index (χ0v) is 15.1. The predicted molar refractivity (Wildman–Crippen MR) is 102 cm³/mol. The van der Waals surface area contributed by atoms with Gasteiger partial charge in [-0.1, -0.05) is 47.1 Å². The van der Waals surface area contributed by atoms with Gasteiger partial charge in [0.1, 0.15) is 0 Å². The maximum Gasteiger partial charge on any atom is 0.264 e. The summed E-state index contributed by atoms with van der Waals surface area (Å²) in [6, 6.07) is 9.17. The number of hydrogen-bond donors (Lipinski definition) is 2. The van der Waals surface area contributed by atoms with Crippen molar-refractivity contribution in [2.24, 2.45) is 5.10 Å². The van der Waals surface area contributed by atoms with Crippen LogP contribution in [0.2, 0.25) is 10.0 Å². The Bertz CT molecular complexity index is 883. The van der Waals surface area contributed by atoms with Crippen LogP contribution in [0.1, 0.15) is 11.1 Å². The molecule has 3 rings (SSSR count). The van der Waals surface area contributed by atoms with Gasteiger partial charge in [-0.3, -0.25) is 4.98 Å². The largest absolute Gasteiger partial charge is 0.334 e. The van der Waals surface area contributed by atoms with Gasteiger partial charge in [-0.15, -0.1) is 10.2 Å². The molecule has 10 heteroatoms. The molecule has 0 fully saturated rings. The number of hydrogen-bond acceptors (Lipinski definition) is 7. The molecule has 0 saturated heterocycles. The average Bonchev–Trinajstić information content (AvgIpc) is 2.97. The molecule has 1 aromatic carbocycles. The second-order valence-electron chi connectivity index (χ2n) is 4.87. The van der Waals surface area contributed by atoms with Gasteiger partial charge in [-0.05, 0) is 23.8 Å². The fraction of sp³-hybridized carbons (Fsp3) is 0.0667. The number of nitrogen functional groups attached to an aromatic ring is 1. The molecule has 2 heterocycles. The lowest BCUT2D eigenvalue weighted by molar-refractivity contribution is 0.847. The molecule has 0 amide bonds. The van der Waals surface area contributed by atoms with E-state index >= 15 is 0 Å². The Balaban J connectivity index is 1.60. The number of pyridine rings is 1. The summed E-state index contributed by atoms with van der Waals surface area (Å²) >= 11 is 13.3. The predicted octanol–water partition coefficient (Wildman–Crippen LogP) is 3.43. The third kappa shape index (κ3) is 4.62. The molecule has 0 aliphatic heterocycles. The Hall–Kier alpha value is -2.29. The molecule has 0 unspecified atom stereocenters. The summed E-state index contributed by atoms with van der Waals surface area (Å²) in [4.78, 5) is 4.00. The molecule has 25 heavy (non-hydrogen) atoms. The number of anilines is 1. The second kappa shape index (κ2) is 8.19. The van der Waals surface area contributed by atoms with Gasteiger partial charge in [-0.25, -0.2) is 10.1 Å². The first kappa shape index (κ1) is 17.5. The number of nitrogens with one attached hydrogen (secondary N) is 1. The molecule has 7 nitrogen and oxygen atoms in total. The molecule has 3 N–H and O–H groups in total. The number of halogens is 2. The summed E-state index contributed by atoms with van der Waals surface area (Å²) in [5.41, 5.74) is 4.61. The van der Waals surface area contributed by atoms with Gasteiger partial charge < -0.3 is 5.84 Å². The minimum Gasteiger partial charge on any atom is -0.334 e. The van der Waals surface area contributed by atoms with E-state index in [0.29, 0.717) is 26.9 Å².